The van der Waals surface area contributed by atoms with Gasteiger partial charge in [0.1, 0.15) is 11.6 Å². The largest absolute Gasteiger partial charge is 0.495 e. The lowest BCUT2D eigenvalue weighted by Gasteiger charge is -2.28. The summed E-state index contributed by atoms with van der Waals surface area (Å²) in [4.78, 5) is 43.6. The van der Waals surface area contributed by atoms with E-state index in [0.717, 1.165) is 17.7 Å². The van der Waals surface area contributed by atoms with Gasteiger partial charge in [-0.15, -0.1) is 0 Å². The van der Waals surface area contributed by atoms with Crippen LogP contribution < -0.4 is 9.64 Å². The minimum absolute atomic E-state index is 0.175. The van der Waals surface area contributed by atoms with Gasteiger partial charge in [0.15, 0.2) is 5.78 Å². The van der Waals surface area contributed by atoms with Gasteiger partial charge in [-0.05, 0) is 61.9 Å². The molecular weight excluding hydrogens is 423 g/mol. The van der Waals surface area contributed by atoms with E-state index in [9.17, 15) is 18.8 Å². The molecule has 2 aromatic rings. The van der Waals surface area contributed by atoms with E-state index in [2.05, 4.69) is 0 Å². The molecule has 0 N–H and O–H groups in total. The van der Waals surface area contributed by atoms with E-state index in [1.54, 1.807) is 12.1 Å². The second kappa shape index (κ2) is 7.43. The van der Waals surface area contributed by atoms with E-state index in [0.29, 0.717) is 22.9 Å². The van der Waals surface area contributed by atoms with E-state index in [1.807, 2.05) is 4.90 Å². The molecule has 31 heavy (non-hydrogen) atoms. The highest BCUT2D eigenvalue weighted by atomic mass is 35.5. The first-order valence-corrected chi connectivity index (χ1v) is 10.6. The summed E-state index contributed by atoms with van der Waals surface area (Å²) in [5.74, 6) is -2.50. The Morgan fingerprint density at radius 3 is 2.52 bits per heavy atom. The summed E-state index contributed by atoms with van der Waals surface area (Å²) in [7, 11) is 1.46. The first-order valence-electron chi connectivity index (χ1n) is 10.2. The predicted molar refractivity (Wildman–Crippen MR) is 112 cm³/mol. The van der Waals surface area contributed by atoms with Crippen LogP contribution in [-0.2, 0) is 9.59 Å². The number of methoxy groups -OCH3 is 1. The summed E-state index contributed by atoms with van der Waals surface area (Å²) >= 11 is 6.13. The Hall–Kier alpha value is -2.77. The Labute approximate surface area is 183 Å². The predicted octanol–water partition coefficient (Wildman–Crippen LogP) is 3.32. The number of fused-ring (bicyclic) bond motifs is 3. The van der Waals surface area contributed by atoms with Gasteiger partial charge in [-0.25, -0.2) is 9.29 Å². The summed E-state index contributed by atoms with van der Waals surface area (Å²) in [6.07, 6.45) is 1.59. The van der Waals surface area contributed by atoms with Gasteiger partial charge >= 0.3 is 0 Å². The highest BCUT2D eigenvalue weighted by Gasteiger charge is 2.65. The van der Waals surface area contributed by atoms with Crippen molar-refractivity contribution < 1.29 is 23.5 Å². The molecule has 160 valence electrons. The molecule has 0 bridgehead atoms. The molecule has 3 aliphatic rings. The molecule has 0 aromatic heterocycles. The quantitative estimate of drug-likeness (QED) is 0.536. The maximum atomic E-state index is 13.6. The first kappa shape index (κ1) is 20.2. The van der Waals surface area contributed by atoms with E-state index in [4.69, 9.17) is 16.3 Å². The molecular formula is C23H20ClFN2O4. The van der Waals surface area contributed by atoms with Gasteiger partial charge in [-0.3, -0.25) is 19.3 Å². The molecule has 4 atom stereocenters. The number of nitrogens with zero attached hydrogens (tertiary/aromatic N) is 2. The average Bonchev–Trinajstić information content (AvgIpc) is 3.40. The fourth-order valence-corrected chi connectivity index (χ4v) is 5.54. The third kappa shape index (κ3) is 2.98. The Morgan fingerprint density at radius 2 is 1.81 bits per heavy atom. The summed E-state index contributed by atoms with van der Waals surface area (Å²) in [6, 6.07) is 9.13. The Kier molecular flexibility index (Phi) is 4.83. The zero-order valence-corrected chi connectivity index (χ0v) is 17.5. The van der Waals surface area contributed by atoms with Crippen molar-refractivity contribution in [1.82, 2.24) is 4.90 Å². The molecule has 3 saturated heterocycles. The van der Waals surface area contributed by atoms with Crippen LogP contribution in [0, 0.1) is 17.7 Å². The number of ketones is 1. The van der Waals surface area contributed by atoms with Crippen molar-refractivity contribution in [3.05, 3.63) is 58.9 Å². The summed E-state index contributed by atoms with van der Waals surface area (Å²) in [5, 5.41) is 0.370. The molecule has 3 aliphatic heterocycles. The molecule has 0 unspecified atom stereocenters. The molecule has 3 heterocycles. The van der Waals surface area contributed by atoms with Gasteiger partial charge in [0, 0.05) is 16.6 Å². The number of ether oxygens (including phenoxy) is 1. The number of amides is 2. The van der Waals surface area contributed by atoms with E-state index < -0.39 is 29.6 Å². The monoisotopic (exact) mass is 442 g/mol. The average molecular weight is 443 g/mol. The lowest BCUT2D eigenvalue weighted by atomic mass is 9.85. The van der Waals surface area contributed by atoms with Gasteiger partial charge < -0.3 is 4.74 Å². The normalized spacial score (nSPS) is 27.5. The fourth-order valence-electron chi connectivity index (χ4n) is 5.38. The van der Waals surface area contributed by atoms with Crippen molar-refractivity contribution in [2.75, 3.05) is 18.6 Å². The zero-order valence-electron chi connectivity index (χ0n) is 16.8. The molecule has 0 radical (unpaired) electrons. The highest BCUT2D eigenvalue weighted by molar-refractivity contribution is 6.32. The number of hydrogen-bond donors (Lipinski definition) is 0. The van der Waals surface area contributed by atoms with Gasteiger partial charge in [-0.2, -0.15) is 0 Å². The van der Waals surface area contributed by atoms with Crippen LogP contribution >= 0.6 is 11.6 Å². The van der Waals surface area contributed by atoms with Crippen LogP contribution in [0.15, 0.2) is 42.5 Å². The van der Waals surface area contributed by atoms with Gasteiger partial charge in [-0.1, -0.05) is 11.6 Å². The number of carbonyl (C=O) groups is 3. The number of carbonyl (C=O) groups excluding carboxylic acids is 3. The van der Waals surface area contributed by atoms with Gasteiger partial charge in [0.2, 0.25) is 11.8 Å². The minimum Gasteiger partial charge on any atom is -0.495 e. The number of Topliss-reactive ketones (excluding diaryl/α,β-unsaturated/α-hetero) is 1. The van der Waals surface area contributed by atoms with Crippen molar-refractivity contribution in [3.63, 3.8) is 0 Å². The number of rotatable bonds is 4. The van der Waals surface area contributed by atoms with E-state index in [-0.39, 0.29) is 23.4 Å². The molecule has 0 saturated carbocycles. The second-order valence-electron chi connectivity index (χ2n) is 8.14. The van der Waals surface area contributed by atoms with Gasteiger partial charge in [0.25, 0.3) is 0 Å². The smallest absolute Gasteiger partial charge is 0.239 e. The molecule has 2 amide bonds. The number of imide groups is 1. The van der Waals surface area contributed by atoms with Crippen molar-refractivity contribution in [2.45, 2.75) is 24.9 Å². The van der Waals surface area contributed by atoms with Crippen LogP contribution in [0.3, 0.4) is 0 Å². The van der Waals surface area contributed by atoms with Crippen molar-refractivity contribution in [1.29, 1.82) is 0 Å². The van der Waals surface area contributed by atoms with Crippen molar-refractivity contribution in [3.8, 4) is 5.75 Å². The Balaban J connectivity index is 1.57. The highest BCUT2D eigenvalue weighted by Crippen LogP contribution is 2.49. The van der Waals surface area contributed by atoms with Crippen LogP contribution in [0.1, 0.15) is 23.2 Å². The van der Waals surface area contributed by atoms with Crippen LogP contribution in [0.2, 0.25) is 5.02 Å². The number of benzene rings is 2. The number of anilines is 1. The van der Waals surface area contributed by atoms with Crippen molar-refractivity contribution in [2.24, 2.45) is 11.8 Å². The lowest BCUT2D eigenvalue weighted by Crippen LogP contribution is -2.46. The molecule has 2 aromatic carbocycles. The van der Waals surface area contributed by atoms with Crippen LogP contribution in [0.5, 0.6) is 5.75 Å². The maximum absolute atomic E-state index is 13.6. The number of halogens is 2. The molecule has 6 nitrogen and oxygen atoms in total. The Morgan fingerprint density at radius 1 is 1.10 bits per heavy atom. The van der Waals surface area contributed by atoms with E-state index in [1.165, 1.54) is 37.4 Å². The lowest BCUT2D eigenvalue weighted by molar-refractivity contribution is -0.123. The minimum atomic E-state index is -0.793. The van der Waals surface area contributed by atoms with Crippen LogP contribution in [-0.4, -0.2) is 48.2 Å². The first-order chi connectivity index (χ1) is 14.9. The standard InChI is InChI=1S/C23H20ClFN2O4/c1-31-17-9-6-13(24)11-16(17)27-22(29)18-15-3-2-10-26(15)20(19(18)23(27)30)21(28)12-4-7-14(25)8-5-12/h4-9,11,15,18-20H,2-3,10H2,1H3/t15-,18+,19+,20-/m0/s1. The molecule has 5 rings (SSSR count). The third-order valence-electron chi connectivity index (χ3n) is 6.63. The zero-order chi connectivity index (χ0) is 21.9. The second-order valence-corrected chi connectivity index (χ2v) is 8.58. The summed E-state index contributed by atoms with van der Waals surface area (Å²) in [5.41, 5.74) is 0.619. The van der Waals surface area contributed by atoms with Gasteiger partial charge in [0.05, 0.1) is 30.7 Å². The fraction of sp³-hybridized carbons (Fsp3) is 0.348. The maximum Gasteiger partial charge on any atom is 0.239 e. The topological polar surface area (TPSA) is 66.9 Å². The molecule has 8 heteroatoms. The van der Waals surface area contributed by atoms with E-state index >= 15 is 0 Å². The summed E-state index contributed by atoms with van der Waals surface area (Å²) < 4.78 is 18.7. The van der Waals surface area contributed by atoms with Crippen molar-refractivity contribution >= 4 is 34.9 Å². The number of hydrogen-bond acceptors (Lipinski definition) is 5. The molecule has 0 spiro atoms. The third-order valence-corrected chi connectivity index (χ3v) is 6.87. The Bertz CT molecular complexity index is 1090. The molecule has 0 aliphatic carbocycles. The summed E-state index contributed by atoms with van der Waals surface area (Å²) in [6.45, 7) is 0.649. The van der Waals surface area contributed by atoms with Crippen LogP contribution in [0.4, 0.5) is 10.1 Å². The van der Waals surface area contributed by atoms with Crippen LogP contribution in [0.25, 0.3) is 0 Å². The SMILES string of the molecule is COc1ccc(Cl)cc1N1C(=O)[C@@H]2[C@H](C1=O)[C@@H]1CCCN1[C@@H]2C(=O)c1ccc(F)cc1. The molecule has 3 fully saturated rings.